The van der Waals surface area contributed by atoms with Crippen LogP contribution in [0.3, 0.4) is 0 Å². The molecule has 0 aliphatic heterocycles. The minimum atomic E-state index is -0.0343. The number of nitrogens with one attached hydrogen (secondary N) is 2. The van der Waals surface area contributed by atoms with Gasteiger partial charge in [-0.3, -0.25) is 4.79 Å². The number of amides is 1. The van der Waals surface area contributed by atoms with Gasteiger partial charge in [-0.15, -0.1) is 0 Å². The summed E-state index contributed by atoms with van der Waals surface area (Å²) >= 11 is 0. The largest absolute Gasteiger partial charge is 0.365 e. The van der Waals surface area contributed by atoms with E-state index in [0.717, 1.165) is 17.9 Å². The van der Waals surface area contributed by atoms with Gasteiger partial charge in [-0.25, -0.2) is 4.98 Å². The SMILES string of the molecule is CC(C)(C)Nc1ccc(NC(=O)CCc2ccccc2)cn1. The van der Waals surface area contributed by atoms with Crippen LogP contribution in [-0.4, -0.2) is 16.4 Å². The van der Waals surface area contributed by atoms with Crippen molar-refractivity contribution in [1.82, 2.24) is 4.98 Å². The quantitative estimate of drug-likeness (QED) is 0.881. The molecule has 4 heteroatoms. The van der Waals surface area contributed by atoms with Gasteiger partial charge in [-0.05, 0) is 44.9 Å². The molecular weight excluding hydrogens is 274 g/mol. The highest BCUT2D eigenvalue weighted by atomic mass is 16.1. The van der Waals surface area contributed by atoms with E-state index in [1.165, 1.54) is 5.56 Å². The molecule has 2 aromatic rings. The summed E-state index contributed by atoms with van der Waals surface area (Å²) in [5, 5.41) is 6.16. The van der Waals surface area contributed by atoms with Crippen molar-refractivity contribution < 1.29 is 4.79 Å². The van der Waals surface area contributed by atoms with Gasteiger partial charge in [0.2, 0.25) is 5.91 Å². The van der Waals surface area contributed by atoms with Gasteiger partial charge in [0.05, 0.1) is 11.9 Å². The van der Waals surface area contributed by atoms with Gasteiger partial charge in [0.1, 0.15) is 5.82 Å². The third kappa shape index (κ3) is 5.56. The van der Waals surface area contributed by atoms with Crippen LogP contribution in [0.2, 0.25) is 0 Å². The van der Waals surface area contributed by atoms with Crippen LogP contribution in [-0.2, 0) is 11.2 Å². The smallest absolute Gasteiger partial charge is 0.224 e. The Morgan fingerprint density at radius 2 is 1.82 bits per heavy atom. The fourth-order valence-electron chi connectivity index (χ4n) is 2.05. The van der Waals surface area contributed by atoms with Crippen molar-refractivity contribution in [3.8, 4) is 0 Å². The molecule has 0 unspecified atom stereocenters. The number of nitrogens with zero attached hydrogens (tertiary/aromatic N) is 1. The third-order valence-corrected chi connectivity index (χ3v) is 3.03. The van der Waals surface area contributed by atoms with Crippen LogP contribution >= 0.6 is 0 Å². The highest BCUT2D eigenvalue weighted by Crippen LogP contribution is 2.14. The summed E-state index contributed by atoms with van der Waals surface area (Å²) in [4.78, 5) is 16.3. The molecule has 0 bridgehead atoms. The average Bonchev–Trinajstić information content (AvgIpc) is 2.47. The Hall–Kier alpha value is -2.36. The molecule has 1 amide bonds. The Balaban J connectivity index is 1.84. The van der Waals surface area contributed by atoms with Crippen LogP contribution in [0.4, 0.5) is 11.5 Å². The van der Waals surface area contributed by atoms with E-state index in [4.69, 9.17) is 0 Å². The summed E-state index contributed by atoms with van der Waals surface area (Å²) in [7, 11) is 0. The highest BCUT2D eigenvalue weighted by Gasteiger charge is 2.10. The van der Waals surface area contributed by atoms with E-state index < -0.39 is 0 Å². The molecule has 2 rings (SSSR count). The first-order valence-electron chi connectivity index (χ1n) is 7.50. The zero-order chi connectivity index (χ0) is 16.0. The van der Waals surface area contributed by atoms with Gasteiger partial charge in [0.25, 0.3) is 0 Å². The van der Waals surface area contributed by atoms with Crippen LogP contribution in [0.1, 0.15) is 32.8 Å². The molecule has 0 aliphatic rings. The molecule has 116 valence electrons. The second kappa shape index (κ2) is 7.07. The monoisotopic (exact) mass is 297 g/mol. The number of benzene rings is 1. The molecule has 0 saturated heterocycles. The Bertz CT molecular complexity index is 600. The maximum absolute atomic E-state index is 11.9. The summed E-state index contributed by atoms with van der Waals surface area (Å²) in [6, 6.07) is 13.7. The van der Waals surface area contributed by atoms with E-state index >= 15 is 0 Å². The number of aryl methyl sites for hydroxylation is 1. The molecule has 0 atom stereocenters. The maximum Gasteiger partial charge on any atom is 0.224 e. The van der Waals surface area contributed by atoms with Crippen molar-refractivity contribution in [1.29, 1.82) is 0 Å². The normalized spacial score (nSPS) is 11.0. The van der Waals surface area contributed by atoms with Crippen LogP contribution in [0, 0.1) is 0 Å². The lowest BCUT2D eigenvalue weighted by atomic mass is 10.1. The lowest BCUT2D eigenvalue weighted by molar-refractivity contribution is -0.116. The molecule has 22 heavy (non-hydrogen) atoms. The lowest BCUT2D eigenvalue weighted by Gasteiger charge is -2.21. The molecule has 1 aromatic carbocycles. The number of carbonyl (C=O) groups excluding carboxylic acids is 1. The molecule has 0 saturated carbocycles. The summed E-state index contributed by atoms with van der Waals surface area (Å²) in [6.45, 7) is 6.23. The van der Waals surface area contributed by atoms with Crippen LogP contribution < -0.4 is 10.6 Å². The summed E-state index contributed by atoms with van der Waals surface area (Å²) < 4.78 is 0. The molecule has 2 N–H and O–H groups in total. The number of hydrogen-bond donors (Lipinski definition) is 2. The van der Waals surface area contributed by atoms with Crippen molar-refractivity contribution >= 4 is 17.4 Å². The first-order chi connectivity index (χ1) is 10.4. The molecule has 0 spiro atoms. The summed E-state index contributed by atoms with van der Waals surface area (Å²) in [5.41, 5.74) is 1.85. The van der Waals surface area contributed by atoms with Crippen molar-refractivity contribution in [2.45, 2.75) is 39.2 Å². The minimum Gasteiger partial charge on any atom is -0.365 e. The third-order valence-electron chi connectivity index (χ3n) is 3.03. The Kier molecular flexibility index (Phi) is 5.15. The van der Waals surface area contributed by atoms with Gasteiger partial charge < -0.3 is 10.6 Å². The standard InChI is InChI=1S/C18H23N3O/c1-18(2,3)21-16-11-10-15(13-19-16)20-17(22)12-9-14-7-5-4-6-8-14/h4-8,10-11,13H,9,12H2,1-3H3,(H,19,21)(H,20,22). The second-order valence-electron chi connectivity index (χ2n) is 6.34. The van der Waals surface area contributed by atoms with E-state index in [1.54, 1.807) is 6.20 Å². The van der Waals surface area contributed by atoms with E-state index in [-0.39, 0.29) is 11.4 Å². The number of carbonyl (C=O) groups is 1. The fourth-order valence-corrected chi connectivity index (χ4v) is 2.05. The van der Waals surface area contributed by atoms with E-state index in [1.807, 2.05) is 42.5 Å². The van der Waals surface area contributed by atoms with Crippen molar-refractivity contribution in [2.75, 3.05) is 10.6 Å². The first-order valence-corrected chi connectivity index (χ1v) is 7.50. The number of aromatic nitrogens is 1. The zero-order valence-corrected chi connectivity index (χ0v) is 13.4. The van der Waals surface area contributed by atoms with Crippen molar-refractivity contribution in [3.05, 3.63) is 54.2 Å². The zero-order valence-electron chi connectivity index (χ0n) is 13.4. The molecule has 1 heterocycles. The summed E-state index contributed by atoms with van der Waals surface area (Å²) in [5.74, 6) is 0.803. The predicted molar refractivity (Wildman–Crippen MR) is 91.0 cm³/mol. The highest BCUT2D eigenvalue weighted by molar-refractivity contribution is 5.90. The topological polar surface area (TPSA) is 54.0 Å². The van der Waals surface area contributed by atoms with E-state index in [0.29, 0.717) is 6.42 Å². The minimum absolute atomic E-state index is 0.00202. The molecule has 0 radical (unpaired) electrons. The molecule has 4 nitrogen and oxygen atoms in total. The fraction of sp³-hybridized carbons (Fsp3) is 0.333. The van der Waals surface area contributed by atoms with Gasteiger partial charge in [0, 0.05) is 12.0 Å². The average molecular weight is 297 g/mol. The number of pyridine rings is 1. The molecular formula is C18H23N3O. The van der Waals surface area contributed by atoms with Gasteiger partial charge >= 0.3 is 0 Å². The van der Waals surface area contributed by atoms with E-state index in [2.05, 4.69) is 36.4 Å². The molecule has 1 aromatic heterocycles. The predicted octanol–water partition coefficient (Wildman–Crippen LogP) is 3.86. The van der Waals surface area contributed by atoms with Crippen LogP contribution in [0.15, 0.2) is 48.7 Å². The van der Waals surface area contributed by atoms with Gasteiger partial charge in [-0.1, -0.05) is 30.3 Å². The summed E-state index contributed by atoms with van der Waals surface area (Å²) in [6.07, 6.45) is 2.88. The second-order valence-corrected chi connectivity index (χ2v) is 6.34. The lowest BCUT2D eigenvalue weighted by Crippen LogP contribution is -2.26. The maximum atomic E-state index is 11.9. The number of anilines is 2. The first kappa shape index (κ1) is 16.0. The number of hydrogen-bond acceptors (Lipinski definition) is 3. The van der Waals surface area contributed by atoms with Crippen molar-refractivity contribution in [3.63, 3.8) is 0 Å². The van der Waals surface area contributed by atoms with E-state index in [9.17, 15) is 4.79 Å². The Morgan fingerprint density at radius 1 is 1.09 bits per heavy atom. The number of rotatable bonds is 5. The van der Waals surface area contributed by atoms with Crippen molar-refractivity contribution in [2.24, 2.45) is 0 Å². The molecule has 0 aliphatic carbocycles. The van der Waals surface area contributed by atoms with Gasteiger partial charge in [0.15, 0.2) is 0 Å². The van der Waals surface area contributed by atoms with Crippen LogP contribution in [0.25, 0.3) is 0 Å². The van der Waals surface area contributed by atoms with Crippen LogP contribution in [0.5, 0.6) is 0 Å². The Morgan fingerprint density at radius 3 is 2.41 bits per heavy atom. The molecule has 0 fully saturated rings. The Labute approximate surface area is 132 Å². The van der Waals surface area contributed by atoms with Gasteiger partial charge in [-0.2, -0.15) is 0 Å².